The molecule has 1 aliphatic rings. The third-order valence-electron chi connectivity index (χ3n) is 3.23. The van der Waals surface area contributed by atoms with E-state index >= 15 is 0 Å². The van der Waals surface area contributed by atoms with Crippen molar-refractivity contribution in [2.75, 3.05) is 6.26 Å². The van der Waals surface area contributed by atoms with Crippen molar-refractivity contribution in [3.05, 3.63) is 34.9 Å². The van der Waals surface area contributed by atoms with Crippen molar-refractivity contribution in [2.24, 2.45) is 5.92 Å². The van der Waals surface area contributed by atoms with Gasteiger partial charge in [0, 0.05) is 0 Å². The number of hydrogen-bond acceptors (Lipinski definition) is 1. The molecule has 0 fully saturated rings. The van der Waals surface area contributed by atoms with Crippen molar-refractivity contribution < 1.29 is 0 Å². The van der Waals surface area contributed by atoms with Crippen LogP contribution in [0.4, 0.5) is 0 Å². The van der Waals surface area contributed by atoms with Crippen molar-refractivity contribution in [1.29, 1.82) is 0 Å². The van der Waals surface area contributed by atoms with Crippen LogP contribution < -0.4 is 0 Å². The van der Waals surface area contributed by atoms with Crippen molar-refractivity contribution in [2.45, 2.75) is 53.4 Å². The van der Waals surface area contributed by atoms with E-state index in [1.54, 1.807) is 17.4 Å². The fourth-order valence-corrected chi connectivity index (χ4v) is 2.44. The van der Waals surface area contributed by atoms with E-state index in [1.165, 1.54) is 31.3 Å². The Bertz CT molecular complexity index is 295. The van der Waals surface area contributed by atoms with Gasteiger partial charge in [-0.05, 0) is 64.2 Å². The third-order valence-corrected chi connectivity index (χ3v) is 3.23. The number of rotatable bonds is 3. The second-order valence-corrected chi connectivity index (χ2v) is 4.70. The SMILES string of the molecule is C/C=C\C(C)/C=C(/C)C1=C(C)CCCC1.CS. The Kier molecular flexibility index (Phi) is 9.34. The molecule has 0 saturated heterocycles. The lowest BCUT2D eigenvalue weighted by molar-refractivity contribution is 0.675. The van der Waals surface area contributed by atoms with Crippen LogP contribution in [0.5, 0.6) is 0 Å². The van der Waals surface area contributed by atoms with Crippen LogP contribution in [0.3, 0.4) is 0 Å². The van der Waals surface area contributed by atoms with Gasteiger partial charge in [-0.15, -0.1) is 0 Å². The maximum absolute atomic E-state index is 3.53. The van der Waals surface area contributed by atoms with Crippen LogP contribution in [0, 0.1) is 5.92 Å². The maximum atomic E-state index is 3.53. The first-order valence-corrected chi connectivity index (χ1v) is 7.49. The van der Waals surface area contributed by atoms with Gasteiger partial charge in [-0.2, -0.15) is 12.6 Å². The fourth-order valence-electron chi connectivity index (χ4n) is 2.44. The van der Waals surface area contributed by atoms with Gasteiger partial charge in [0.05, 0.1) is 0 Å². The van der Waals surface area contributed by atoms with E-state index in [0.29, 0.717) is 5.92 Å². The summed E-state index contributed by atoms with van der Waals surface area (Å²) in [6, 6.07) is 0. The van der Waals surface area contributed by atoms with Crippen LogP contribution in [-0.2, 0) is 0 Å². The molecule has 1 heteroatoms. The highest BCUT2D eigenvalue weighted by Crippen LogP contribution is 2.29. The summed E-state index contributed by atoms with van der Waals surface area (Å²) in [6.07, 6.45) is 13.8. The molecule has 1 aliphatic carbocycles. The molecule has 0 aromatic rings. The molecule has 0 aromatic carbocycles. The maximum Gasteiger partial charge on any atom is -0.00762 e. The minimum atomic E-state index is 0.567. The van der Waals surface area contributed by atoms with Gasteiger partial charge in [-0.25, -0.2) is 0 Å². The van der Waals surface area contributed by atoms with E-state index in [9.17, 15) is 0 Å². The van der Waals surface area contributed by atoms with Crippen LogP contribution in [0.25, 0.3) is 0 Å². The summed E-state index contributed by atoms with van der Waals surface area (Å²) >= 11 is 3.53. The van der Waals surface area contributed by atoms with Crippen molar-refractivity contribution in [3.63, 3.8) is 0 Å². The van der Waals surface area contributed by atoms with Crippen LogP contribution in [0.2, 0.25) is 0 Å². The minimum Gasteiger partial charge on any atom is -0.183 e. The zero-order valence-corrected chi connectivity index (χ0v) is 13.0. The van der Waals surface area contributed by atoms with Crippen molar-refractivity contribution in [3.8, 4) is 0 Å². The molecule has 1 unspecified atom stereocenters. The van der Waals surface area contributed by atoms with E-state index < -0.39 is 0 Å². The topological polar surface area (TPSA) is 0 Å². The van der Waals surface area contributed by atoms with Gasteiger partial charge in [-0.3, -0.25) is 0 Å². The van der Waals surface area contributed by atoms with Crippen LogP contribution in [0.15, 0.2) is 34.9 Å². The second kappa shape index (κ2) is 9.58. The summed E-state index contributed by atoms with van der Waals surface area (Å²) in [4.78, 5) is 0. The highest BCUT2D eigenvalue weighted by Gasteiger charge is 2.10. The van der Waals surface area contributed by atoms with Gasteiger partial charge in [0.15, 0.2) is 0 Å². The van der Waals surface area contributed by atoms with Crippen LogP contribution >= 0.6 is 12.6 Å². The fraction of sp³-hybridized carbons (Fsp3) is 0.625. The molecule has 0 spiro atoms. The highest BCUT2D eigenvalue weighted by molar-refractivity contribution is 7.79. The van der Waals surface area contributed by atoms with Gasteiger partial charge in [0.25, 0.3) is 0 Å². The molecule has 0 nitrogen and oxygen atoms in total. The van der Waals surface area contributed by atoms with E-state index in [4.69, 9.17) is 0 Å². The molecule has 0 radical (unpaired) electrons. The van der Waals surface area contributed by atoms with Crippen molar-refractivity contribution >= 4 is 12.6 Å². The lowest BCUT2D eigenvalue weighted by atomic mass is 9.87. The molecular weight excluding hydrogens is 224 g/mol. The first-order chi connectivity index (χ1) is 8.15. The second-order valence-electron chi connectivity index (χ2n) is 4.70. The number of hydrogen-bond donors (Lipinski definition) is 1. The first kappa shape index (κ1) is 16.6. The molecule has 98 valence electrons. The van der Waals surface area contributed by atoms with Gasteiger partial charge < -0.3 is 0 Å². The van der Waals surface area contributed by atoms with Gasteiger partial charge in [0.2, 0.25) is 0 Å². The minimum absolute atomic E-state index is 0.567. The summed E-state index contributed by atoms with van der Waals surface area (Å²) in [7, 11) is 0. The van der Waals surface area contributed by atoms with Crippen LogP contribution in [-0.4, -0.2) is 6.26 Å². The van der Waals surface area contributed by atoms with E-state index in [0.717, 1.165) is 0 Å². The normalized spacial score (nSPS) is 19.1. The molecule has 0 amide bonds. The first-order valence-electron chi connectivity index (χ1n) is 6.60. The molecular formula is C16H28S. The quantitative estimate of drug-likeness (QED) is 0.492. The zero-order valence-electron chi connectivity index (χ0n) is 12.1. The van der Waals surface area contributed by atoms with Crippen LogP contribution in [0.1, 0.15) is 53.4 Å². The molecule has 0 aromatic heterocycles. The summed E-state index contributed by atoms with van der Waals surface area (Å²) in [5, 5.41) is 0. The lowest BCUT2D eigenvalue weighted by Gasteiger charge is -2.19. The average molecular weight is 252 g/mol. The van der Waals surface area contributed by atoms with Gasteiger partial charge >= 0.3 is 0 Å². The Labute approximate surface area is 113 Å². The number of thiol groups is 1. The average Bonchev–Trinajstić information content (AvgIpc) is 2.32. The number of allylic oxidation sites excluding steroid dienone is 6. The third kappa shape index (κ3) is 6.16. The smallest absolute Gasteiger partial charge is 0.00762 e. The van der Waals surface area contributed by atoms with Crippen molar-refractivity contribution in [1.82, 2.24) is 0 Å². The molecule has 17 heavy (non-hydrogen) atoms. The predicted molar refractivity (Wildman–Crippen MR) is 83.8 cm³/mol. The molecule has 1 atom stereocenters. The summed E-state index contributed by atoms with van der Waals surface area (Å²) < 4.78 is 0. The molecule has 0 aliphatic heterocycles. The Morgan fingerprint density at radius 1 is 1.24 bits per heavy atom. The zero-order chi connectivity index (χ0) is 13.3. The van der Waals surface area contributed by atoms with E-state index in [2.05, 4.69) is 58.6 Å². The lowest BCUT2D eigenvalue weighted by Crippen LogP contribution is -1.99. The monoisotopic (exact) mass is 252 g/mol. The molecule has 1 rings (SSSR count). The van der Waals surface area contributed by atoms with E-state index in [1.807, 2.05) is 0 Å². The largest absolute Gasteiger partial charge is 0.183 e. The predicted octanol–water partition coefficient (Wildman–Crippen LogP) is 5.58. The molecule has 0 saturated carbocycles. The summed E-state index contributed by atoms with van der Waals surface area (Å²) in [6.45, 7) is 8.91. The standard InChI is InChI=1S/C15H24.CH4S/c1-5-8-12(2)11-14(4)15-10-7-6-9-13(15)3;1-2/h5,8,11-12H,6-7,9-10H2,1-4H3;2H,1H3/b8-5-,14-11-;. The van der Waals surface area contributed by atoms with Gasteiger partial charge in [-0.1, -0.05) is 36.3 Å². The Morgan fingerprint density at radius 2 is 1.82 bits per heavy atom. The summed E-state index contributed by atoms with van der Waals surface area (Å²) in [5.41, 5.74) is 4.73. The molecule has 0 bridgehead atoms. The molecule has 0 N–H and O–H groups in total. The Hall–Kier alpha value is -0.430. The van der Waals surface area contributed by atoms with E-state index in [-0.39, 0.29) is 0 Å². The highest BCUT2D eigenvalue weighted by atomic mass is 32.1. The Balaban J connectivity index is 0.00000121. The van der Waals surface area contributed by atoms with Gasteiger partial charge in [0.1, 0.15) is 0 Å². The Morgan fingerprint density at radius 3 is 2.35 bits per heavy atom. The molecule has 0 heterocycles. The summed E-state index contributed by atoms with van der Waals surface area (Å²) in [5.74, 6) is 0.567.